The van der Waals surface area contributed by atoms with Gasteiger partial charge in [0.05, 0.1) is 0 Å². The number of aromatic nitrogens is 2. The first-order valence-corrected chi connectivity index (χ1v) is 9.40. The topological polar surface area (TPSA) is 93.0 Å². The minimum Gasteiger partial charge on any atom is -0.381 e. The Morgan fingerprint density at radius 2 is 1.88 bits per heavy atom. The molecule has 1 saturated heterocycles. The first-order valence-electron chi connectivity index (χ1n) is 9.40. The predicted molar refractivity (Wildman–Crippen MR) is 98.8 cm³/mol. The largest absolute Gasteiger partial charge is 0.381 e. The lowest BCUT2D eigenvalue weighted by Gasteiger charge is -2.43. The zero-order valence-electron chi connectivity index (χ0n) is 14.6. The molecule has 2 saturated carbocycles. The maximum atomic E-state index is 12.7. The summed E-state index contributed by atoms with van der Waals surface area (Å²) < 4.78 is 5.40. The maximum absolute atomic E-state index is 12.7. The van der Waals surface area contributed by atoms with Crippen LogP contribution in [0, 0.1) is 17.8 Å². The third-order valence-electron chi connectivity index (χ3n) is 6.29. The molecule has 2 unspecified atom stereocenters. The van der Waals surface area contributed by atoms with Gasteiger partial charge in [0.25, 0.3) is 0 Å². The van der Waals surface area contributed by atoms with Crippen LogP contribution < -0.4 is 11.1 Å². The third kappa shape index (κ3) is 4.01. The molecule has 7 heteroatoms. The van der Waals surface area contributed by atoms with Gasteiger partial charge in [-0.2, -0.15) is 5.10 Å². The van der Waals surface area contributed by atoms with Crippen molar-refractivity contribution >= 4 is 24.1 Å². The lowest BCUT2D eigenvalue weighted by atomic mass is 9.65. The van der Waals surface area contributed by atoms with Crippen LogP contribution >= 0.6 is 12.4 Å². The second kappa shape index (κ2) is 8.06. The normalized spacial score (nSPS) is 32.7. The van der Waals surface area contributed by atoms with Crippen LogP contribution in [0.4, 0.5) is 5.82 Å². The Hall–Kier alpha value is -1.11. The molecule has 1 aliphatic heterocycles. The monoisotopic (exact) mass is 368 g/mol. The second-order valence-corrected chi connectivity index (χ2v) is 7.78. The predicted octanol–water partition coefficient (Wildman–Crippen LogP) is 2.82. The average molecular weight is 369 g/mol. The number of nitrogens with two attached hydrogens (primary N) is 1. The number of hydrogen-bond donors (Lipinski definition) is 3. The molecule has 140 valence electrons. The van der Waals surface area contributed by atoms with Gasteiger partial charge in [0.2, 0.25) is 5.91 Å². The molecule has 1 aromatic rings. The smallest absolute Gasteiger partial charge is 0.228 e. The summed E-state index contributed by atoms with van der Waals surface area (Å²) in [5, 5.41) is 10.4. The SMILES string of the molecule is Cl.NC1C2CCCC1CC(C(=O)Nc1cc(C3CCOCC3)[nH]n1)C2. The van der Waals surface area contributed by atoms with Crippen LogP contribution in [0.25, 0.3) is 0 Å². The van der Waals surface area contributed by atoms with Gasteiger partial charge in [-0.05, 0) is 50.4 Å². The highest BCUT2D eigenvalue weighted by Gasteiger charge is 2.40. The summed E-state index contributed by atoms with van der Waals surface area (Å²) in [6, 6.07) is 2.29. The summed E-state index contributed by atoms with van der Waals surface area (Å²) in [5.41, 5.74) is 7.43. The molecule has 6 nitrogen and oxygen atoms in total. The minimum atomic E-state index is 0. The van der Waals surface area contributed by atoms with Gasteiger partial charge in [-0.1, -0.05) is 6.42 Å². The molecule has 25 heavy (non-hydrogen) atoms. The lowest BCUT2D eigenvalue weighted by Crippen LogP contribution is -2.48. The van der Waals surface area contributed by atoms with E-state index in [4.69, 9.17) is 10.5 Å². The Morgan fingerprint density at radius 1 is 1.20 bits per heavy atom. The van der Waals surface area contributed by atoms with Gasteiger partial charge in [-0.15, -0.1) is 12.4 Å². The number of H-pyrrole nitrogens is 1. The van der Waals surface area contributed by atoms with Crippen LogP contribution in [0.5, 0.6) is 0 Å². The summed E-state index contributed by atoms with van der Waals surface area (Å²) in [6.45, 7) is 1.60. The molecule has 2 heterocycles. The van der Waals surface area contributed by atoms with Crippen molar-refractivity contribution in [2.45, 2.75) is 56.9 Å². The number of rotatable bonds is 3. The lowest BCUT2D eigenvalue weighted by molar-refractivity contribution is -0.122. The van der Waals surface area contributed by atoms with Crippen LogP contribution in [-0.4, -0.2) is 35.4 Å². The molecule has 2 atom stereocenters. The molecule has 2 aliphatic carbocycles. The summed E-state index contributed by atoms with van der Waals surface area (Å²) in [6.07, 6.45) is 7.51. The van der Waals surface area contributed by atoms with Gasteiger partial charge in [0.15, 0.2) is 5.82 Å². The van der Waals surface area contributed by atoms with Crippen molar-refractivity contribution in [3.63, 3.8) is 0 Å². The second-order valence-electron chi connectivity index (χ2n) is 7.78. The number of carbonyl (C=O) groups excluding carboxylic acids is 1. The van der Waals surface area contributed by atoms with E-state index in [-0.39, 0.29) is 24.2 Å². The van der Waals surface area contributed by atoms with Crippen molar-refractivity contribution in [3.8, 4) is 0 Å². The highest BCUT2D eigenvalue weighted by molar-refractivity contribution is 5.91. The first kappa shape index (κ1) is 18.7. The highest BCUT2D eigenvalue weighted by atomic mass is 35.5. The van der Waals surface area contributed by atoms with Crippen molar-refractivity contribution in [1.29, 1.82) is 0 Å². The van der Waals surface area contributed by atoms with Crippen LogP contribution in [0.1, 0.15) is 56.6 Å². The zero-order chi connectivity index (χ0) is 16.5. The molecule has 1 amide bonds. The fourth-order valence-corrected chi connectivity index (χ4v) is 4.85. The molecule has 3 aliphatic rings. The van der Waals surface area contributed by atoms with E-state index in [9.17, 15) is 4.79 Å². The van der Waals surface area contributed by atoms with E-state index in [0.717, 1.165) is 44.6 Å². The number of nitrogens with zero attached hydrogens (tertiary/aromatic N) is 1. The maximum Gasteiger partial charge on any atom is 0.228 e. The number of amides is 1. The zero-order valence-corrected chi connectivity index (χ0v) is 15.4. The van der Waals surface area contributed by atoms with E-state index in [1.807, 2.05) is 6.07 Å². The Bertz CT molecular complexity index is 573. The molecule has 3 fully saturated rings. The van der Waals surface area contributed by atoms with E-state index < -0.39 is 0 Å². The van der Waals surface area contributed by atoms with Gasteiger partial charge in [-0.3, -0.25) is 9.89 Å². The number of carbonyl (C=O) groups is 1. The van der Waals surface area contributed by atoms with E-state index in [1.165, 1.54) is 19.3 Å². The molecule has 2 bridgehead atoms. The summed E-state index contributed by atoms with van der Waals surface area (Å²) in [7, 11) is 0. The van der Waals surface area contributed by atoms with E-state index in [1.54, 1.807) is 0 Å². The van der Waals surface area contributed by atoms with E-state index >= 15 is 0 Å². The number of halogens is 1. The first-order chi connectivity index (χ1) is 11.7. The number of fused-ring (bicyclic) bond motifs is 2. The van der Waals surface area contributed by atoms with Crippen LogP contribution in [0.3, 0.4) is 0 Å². The van der Waals surface area contributed by atoms with Crippen LogP contribution in [0.15, 0.2) is 6.07 Å². The highest BCUT2D eigenvalue weighted by Crippen LogP contribution is 2.42. The fourth-order valence-electron chi connectivity index (χ4n) is 4.85. The molecule has 4 N–H and O–H groups in total. The Balaban J connectivity index is 0.00000182. The van der Waals surface area contributed by atoms with Crippen molar-refractivity contribution in [2.24, 2.45) is 23.5 Å². The van der Waals surface area contributed by atoms with Gasteiger partial charge in [0.1, 0.15) is 0 Å². The quantitative estimate of drug-likeness (QED) is 0.764. The number of hydrogen-bond acceptors (Lipinski definition) is 4. The van der Waals surface area contributed by atoms with E-state index in [2.05, 4.69) is 15.5 Å². The minimum absolute atomic E-state index is 0. The van der Waals surface area contributed by atoms with Gasteiger partial charge in [0, 0.05) is 42.9 Å². The number of aromatic amines is 1. The van der Waals surface area contributed by atoms with Crippen LogP contribution in [-0.2, 0) is 9.53 Å². The molecule has 4 rings (SSSR count). The van der Waals surface area contributed by atoms with Gasteiger partial charge < -0.3 is 15.8 Å². The number of ether oxygens (including phenoxy) is 1. The molecular formula is C18H29ClN4O2. The summed E-state index contributed by atoms with van der Waals surface area (Å²) >= 11 is 0. The number of nitrogens with one attached hydrogen (secondary N) is 2. The van der Waals surface area contributed by atoms with E-state index in [0.29, 0.717) is 29.6 Å². The van der Waals surface area contributed by atoms with Gasteiger partial charge in [-0.25, -0.2) is 0 Å². The number of anilines is 1. The molecule has 0 aromatic carbocycles. The molecular weight excluding hydrogens is 340 g/mol. The van der Waals surface area contributed by atoms with Crippen molar-refractivity contribution in [3.05, 3.63) is 11.8 Å². The van der Waals surface area contributed by atoms with Crippen LogP contribution in [0.2, 0.25) is 0 Å². The van der Waals surface area contributed by atoms with Crippen molar-refractivity contribution in [2.75, 3.05) is 18.5 Å². The molecule has 0 spiro atoms. The summed E-state index contributed by atoms with van der Waals surface area (Å²) in [4.78, 5) is 12.7. The standard InChI is InChI=1S/C18H28N4O2.ClH/c19-17-12-2-1-3-13(17)9-14(8-12)18(23)20-16-10-15(21-22-16)11-4-6-24-7-5-11;/h10-14,17H,1-9,19H2,(H2,20,21,22,23);1H. The fraction of sp³-hybridized carbons (Fsp3) is 0.778. The Kier molecular flexibility index (Phi) is 6.02. The van der Waals surface area contributed by atoms with Gasteiger partial charge >= 0.3 is 0 Å². The van der Waals surface area contributed by atoms with Crippen molar-refractivity contribution in [1.82, 2.24) is 10.2 Å². The Morgan fingerprint density at radius 3 is 2.56 bits per heavy atom. The third-order valence-corrected chi connectivity index (χ3v) is 6.29. The Labute approximate surface area is 155 Å². The van der Waals surface area contributed by atoms with Crippen molar-refractivity contribution < 1.29 is 9.53 Å². The molecule has 1 aromatic heterocycles. The summed E-state index contributed by atoms with van der Waals surface area (Å²) in [5.74, 6) is 2.35. The average Bonchev–Trinajstić information content (AvgIpc) is 3.04. The molecule has 0 radical (unpaired) electrons.